The Hall–Kier alpha value is -1.02. The second-order valence-corrected chi connectivity index (χ2v) is 4.83. The molecule has 1 N–H and O–H groups in total. The van der Waals surface area contributed by atoms with Gasteiger partial charge in [0.25, 0.3) is 0 Å². The van der Waals surface area contributed by atoms with E-state index in [1.807, 2.05) is 0 Å². The number of nitrogens with one attached hydrogen (secondary N) is 1. The lowest BCUT2D eigenvalue weighted by Gasteiger charge is -2.15. The quantitative estimate of drug-likeness (QED) is 0.657. The third-order valence-corrected chi connectivity index (χ3v) is 3.24. The molecule has 0 aromatic carbocycles. The van der Waals surface area contributed by atoms with Crippen molar-refractivity contribution >= 4 is 0 Å². The van der Waals surface area contributed by atoms with Crippen molar-refractivity contribution in [2.75, 3.05) is 20.2 Å². The van der Waals surface area contributed by atoms with Crippen LogP contribution in [-0.2, 0) is 4.74 Å². The summed E-state index contributed by atoms with van der Waals surface area (Å²) in [4.78, 5) is 0. The van der Waals surface area contributed by atoms with Crippen LogP contribution in [0.15, 0.2) is 35.1 Å². The second kappa shape index (κ2) is 8.98. The highest BCUT2D eigenvalue weighted by Crippen LogP contribution is 2.25. The molecule has 102 valence electrons. The highest BCUT2D eigenvalue weighted by Gasteiger charge is 2.09. The molecule has 0 amide bonds. The minimum atomic E-state index is 1.04. The van der Waals surface area contributed by atoms with Crippen LogP contribution in [0.2, 0.25) is 0 Å². The molecule has 0 atom stereocenters. The molecule has 0 unspecified atom stereocenters. The zero-order valence-corrected chi connectivity index (χ0v) is 12.1. The van der Waals surface area contributed by atoms with E-state index in [0.717, 1.165) is 38.1 Å². The van der Waals surface area contributed by atoms with Gasteiger partial charge in [-0.25, -0.2) is 0 Å². The smallest absolute Gasteiger partial charge is 0.103 e. The molecule has 1 rings (SSSR count). The lowest BCUT2D eigenvalue weighted by atomic mass is 9.98. The fraction of sp³-hybridized carbons (Fsp3) is 0.625. The van der Waals surface area contributed by atoms with Gasteiger partial charge in [-0.3, -0.25) is 0 Å². The normalized spacial score (nSPS) is 16.3. The van der Waals surface area contributed by atoms with Crippen molar-refractivity contribution in [3.8, 4) is 0 Å². The average Bonchev–Trinajstić information content (AvgIpc) is 2.38. The van der Waals surface area contributed by atoms with Crippen LogP contribution < -0.4 is 5.32 Å². The number of allylic oxidation sites excluding steroid dienone is 6. The minimum Gasteiger partial charge on any atom is -0.500 e. The maximum Gasteiger partial charge on any atom is 0.103 e. The van der Waals surface area contributed by atoms with Gasteiger partial charge >= 0.3 is 0 Å². The average molecular weight is 249 g/mol. The topological polar surface area (TPSA) is 21.3 Å². The number of methoxy groups -OCH3 is 1. The largest absolute Gasteiger partial charge is 0.500 e. The SMILES string of the molecule is CCNCCCC/C=C/C1=C(OC)CCC(C)=C1. The molecular formula is C16H27NO. The third kappa shape index (κ3) is 5.54. The number of ether oxygens (including phenoxy) is 1. The first-order valence-electron chi connectivity index (χ1n) is 7.09. The molecule has 1 aliphatic rings. The van der Waals surface area contributed by atoms with Gasteiger partial charge in [-0.2, -0.15) is 0 Å². The summed E-state index contributed by atoms with van der Waals surface area (Å²) in [6.07, 6.45) is 12.6. The van der Waals surface area contributed by atoms with Crippen LogP contribution in [0.3, 0.4) is 0 Å². The molecule has 0 aromatic rings. The summed E-state index contributed by atoms with van der Waals surface area (Å²) in [5, 5.41) is 3.35. The van der Waals surface area contributed by atoms with E-state index in [0.29, 0.717) is 0 Å². The summed E-state index contributed by atoms with van der Waals surface area (Å²) in [6.45, 7) is 6.55. The monoisotopic (exact) mass is 249 g/mol. The Balaban J connectivity index is 2.33. The lowest BCUT2D eigenvalue weighted by molar-refractivity contribution is 0.273. The molecule has 0 heterocycles. The van der Waals surface area contributed by atoms with Crippen LogP contribution in [0.4, 0.5) is 0 Å². The Kier molecular flexibility index (Phi) is 7.51. The van der Waals surface area contributed by atoms with Gasteiger partial charge < -0.3 is 10.1 Å². The lowest BCUT2D eigenvalue weighted by Crippen LogP contribution is -2.13. The molecule has 0 radical (unpaired) electrons. The molecule has 18 heavy (non-hydrogen) atoms. The van der Waals surface area contributed by atoms with Gasteiger partial charge in [0.2, 0.25) is 0 Å². The Morgan fingerprint density at radius 1 is 1.33 bits per heavy atom. The van der Waals surface area contributed by atoms with Crippen LogP contribution in [0, 0.1) is 0 Å². The summed E-state index contributed by atoms with van der Waals surface area (Å²) in [7, 11) is 1.77. The van der Waals surface area contributed by atoms with E-state index in [4.69, 9.17) is 4.74 Å². The number of unbranched alkanes of at least 4 members (excludes halogenated alkanes) is 2. The number of rotatable bonds is 8. The summed E-state index contributed by atoms with van der Waals surface area (Å²) in [6, 6.07) is 0. The number of hydrogen-bond donors (Lipinski definition) is 1. The standard InChI is InChI=1S/C16H27NO/c1-4-17-12-8-6-5-7-9-15-13-14(2)10-11-16(15)18-3/h7,9,13,17H,4-6,8,10-12H2,1-3H3/b9-7+. The fourth-order valence-corrected chi connectivity index (χ4v) is 2.13. The van der Waals surface area contributed by atoms with Crippen molar-refractivity contribution in [3.63, 3.8) is 0 Å². The predicted octanol–water partition coefficient (Wildman–Crippen LogP) is 3.96. The molecule has 2 heteroatoms. The first-order chi connectivity index (χ1) is 8.77. The molecule has 0 fully saturated rings. The van der Waals surface area contributed by atoms with E-state index < -0.39 is 0 Å². The minimum absolute atomic E-state index is 1.04. The molecule has 0 bridgehead atoms. The van der Waals surface area contributed by atoms with Gasteiger partial charge in [-0.15, -0.1) is 0 Å². The molecule has 1 aliphatic carbocycles. The van der Waals surface area contributed by atoms with E-state index in [-0.39, 0.29) is 0 Å². The van der Waals surface area contributed by atoms with Crippen LogP contribution in [0.25, 0.3) is 0 Å². The predicted molar refractivity (Wildman–Crippen MR) is 78.6 cm³/mol. The zero-order chi connectivity index (χ0) is 13.2. The van der Waals surface area contributed by atoms with Crippen molar-refractivity contribution in [3.05, 3.63) is 35.1 Å². The maximum absolute atomic E-state index is 5.44. The maximum atomic E-state index is 5.44. The van der Waals surface area contributed by atoms with Crippen molar-refractivity contribution in [2.45, 2.75) is 46.0 Å². The van der Waals surface area contributed by atoms with Crippen molar-refractivity contribution in [1.29, 1.82) is 0 Å². The van der Waals surface area contributed by atoms with E-state index in [9.17, 15) is 0 Å². The first kappa shape index (κ1) is 15.0. The van der Waals surface area contributed by atoms with E-state index in [2.05, 4.69) is 37.4 Å². The Morgan fingerprint density at radius 2 is 2.17 bits per heavy atom. The van der Waals surface area contributed by atoms with Crippen LogP contribution >= 0.6 is 0 Å². The van der Waals surface area contributed by atoms with Gasteiger partial charge in [-0.05, 0) is 45.7 Å². The van der Waals surface area contributed by atoms with Gasteiger partial charge in [0.1, 0.15) is 5.76 Å². The van der Waals surface area contributed by atoms with Gasteiger partial charge in [0.15, 0.2) is 0 Å². The first-order valence-corrected chi connectivity index (χ1v) is 7.09. The van der Waals surface area contributed by atoms with Gasteiger partial charge in [-0.1, -0.05) is 30.7 Å². The third-order valence-electron chi connectivity index (χ3n) is 3.24. The fourth-order valence-electron chi connectivity index (χ4n) is 2.13. The van der Waals surface area contributed by atoms with E-state index in [1.54, 1.807) is 7.11 Å². The van der Waals surface area contributed by atoms with Crippen LogP contribution in [0.1, 0.15) is 46.0 Å². The second-order valence-electron chi connectivity index (χ2n) is 4.83. The van der Waals surface area contributed by atoms with Crippen LogP contribution in [-0.4, -0.2) is 20.2 Å². The molecule has 0 spiro atoms. The van der Waals surface area contributed by atoms with Gasteiger partial charge in [0.05, 0.1) is 7.11 Å². The van der Waals surface area contributed by atoms with Crippen LogP contribution in [0.5, 0.6) is 0 Å². The Labute approximate surface area is 112 Å². The zero-order valence-electron chi connectivity index (χ0n) is 12.1. The van der Waals surface area contributed by atoms with Gasteiger partial charge in [0, 0.05) is 12.0 Å². The molecule has 2 nitrogen and oxygen atoms in total. The molecule has 0 aliphatic heterocycles. The molecular weight excluding hydrogens is 222 g/mol. The molecule has 0 aromatic heterocycles. The summed E-state index contributed by atoms with van der Waals surface area (Å²) >= 11 is 0. The highest BCUT2D eigenvalue weighted by molar-refractivity contribution is 5.38. The summed E-state index contributed by atoms with van der Waals surface area (Å²) < 4.78 is 5.44. The Bertz CT molecular complexity index is 326. The number of hydrogen-bond acceptors (Lipinski definition) is 2. The van der Waals surface area contributed by atoms with E-state index >= 15 is 0 Å². The highest BCUT2D eigenvalue weighted by atomic mass is 16.5. The Morgan fingerprint density at radius 3 is 2.89 bits per heavy atom. The molecule has 0 saturated heterocycles. The van der Waals surface area contributed by atoms with E-state index in [1.165, 1.54) is 24.0 Å². The van der Waals surface area contributed by atoms with Crippen molar-refractivity contribution < 1.29 is 4.74 Å². The van der Waals surface area contributed by atoms with Crippen molar-refractivity contribution in [2.24, 2.45) is 0 Å². The molecule has 0 saturated carbocycles. The summed E-state index contributed by atoms with van der Waals surface area (Å²) in [5.74, 6) is 1.13. The summed E-state index contributed by atoms with van der Waals surface area (Å²) in [5.41, 5.74) is 2.70. The van der Waals surface area contributed by atoms with Crippen molar-refractivity contribution in [1.82, 2.24) is 5.32 Å².